The van der Waals surface area contributed by atoms with Crippen molar-refractivity contribution in [3.05, 3.63) is 17.7 Å². The number of nitrogens with two attached hydrogens (primary N) is 1. The molecule has 0 atom stereocenters. The van der Waals surface area contributed by atoms with Gasteiger partial charge in [-0.3, -0.25) is 0 Å². The number of hydrogen-bond donors (Lipinski definition) is 1. The Morgan fingerprint density at radius 2 is 2.06 bits per heavy atom. The first-order valence-corrected chi connectivity index (χ1v) is 7.23. The minimum absolute atomic E-state index is 0.610. The van der Waals surface area contributed by atoms with E-state index in [0.29, 0.717) is 6.54 Å². The number of ether oxygens (including phenoxy) is 2. The number of methoxy groups -OCH3 is 2. The Morgan fingerprint density at radius 1 is 1.28 bits per heavy atom. The van der Waals surface area contributed by atoms with Crippen molar-refractivity contribution >= 4 is 17.4 Å². The quantitative estimate of drug-likeness (QED) is 0.881. The Morgan fingerprint density at radius 3 is 2.61 bits per heavy atom. The van der Waals surface area contributed by atoms with Gasteiger partial charge in [0.05, 0.1) is 25.8 Å². The van der Waals surface area contributed by atoms with Gasteiger partial charge in [0, 0.05) is 18.4 Å². The molecule has 4 nitrogen and oxygen atoms in total. The molecule has 0 aliphatic carbocycles. The topological polar surface area (TPSA) is 47.7 Å². The van der Waals surface area contributed by atoms with Crippen molar-refractivity contribution in [1.82, 2.24) is 0 Å². The average molecular weight is 268 g/mol. The highest BCUT2D eigenvalue weighted by Crippen LogP contribution is 2.37. The molecule has 1 aromatic rings. The molecule has 18 heavy (non-hydrogen) atoms. The molecule has 1 fully saturated rings. The van der Waals surface area contributed by atoms with Crippen LogP contribution in [0.25, 0.3) is 0 Å². The van der Waals surface area contributed by atoms with E-state index < -0.39 is 0 Å². The first-order valence-electron chi connectivity index (χ1n) is 6.07. The first-order chi connectivity index (χ1) is 8.80. The summed E-state index contributed by atoms with van der Waals surface area (Å²) in [6.07, 6.45) is 0.800. The van der Waals surface area contributed by atoms with Crippen LogP contribution in [0.5, 0.6) is 11.5 Å². The maximum atomic E-state index is 5.63. The zero-order chi connectivity index (χ0) is 13.0. The smallest absolute Gasteiger partial charge is 0.142 e. The van der Waals surface area contributed by atoms with Gasteiger partial charge in [-0.05, 0) is 24.6 Å². The lowest BCUT2D eigenvalue weighted by molar-refractivity contribution is 0.399. The number of hydrogen-bond acceptors (Lipinski definition) is 5. The number of benzene rings is 1. The molecule has 5 heteroatoms. The fourth-order valence-corrected chi connectivity index (χ4v) is 3.11. The van der Waals surface area contributed by atoms with Crippen LogP contribution in [0, 0.1) is 0 Å². The van der Waals surface area contributed by atoms with Crippen LogP contribution in [0.3, 0.4) is 0 Å². The average Bonchev–Trinajstić information content (AvgIpc) is 2.92. The monoisotopic (exact) mass is 268 g/mol. The zero-order valence-corrected chi connectivity index (χ0v) is 11.8. The second kappa shape index (κ2) is 6.20. The summed E-state index contributed by atoms with van der Waals surface area (Å²) in [5.74, 6) is 3.97. The van der Waals surface area contributed by atoms with E-state index in [0.717, 1.165) is 47.3 Å². The molecule has 0 amide bonds. The molecule has 1 aromatic carbocycles. The third kappa shape index (κ3) is 2.67. The van der Waals surface area contributed by atoms with Crippen LogP contribution in [0.2, 0.25) is 0 Å². The molecular formula is C13H20N2O2S. The predicted octanol–water partition coefficient (Wildman–Crippen LogP) is 1.72. The third-order valence-electron chi connectivity index (χ3n) is 3.09. The lowest BCUT2D eigenvalue weighted by atomic mass is 10.1. The molecule has 1 saturated heterocycles. The van der Waals surface area contributed by atoms with Crippen molar-refractivity contribution in [1.29, 1.82) is 0 Å². The summed E-state index contributed by atoms with van der Waals surface area (Å²) in [6, 6.07) is 4.11. The van der Waals surface area contributed by atoms with Crippen molar-refractivity contribution in [2.45, 2.75) is 6.42 Å². The molecule has 0 spiro atoms. The highest BCUT2D eigenvalue weighted by molar-refractivity contribution is 7.99. The van der Waals surface area contributed by atoms with E-state index in [2.05, 4.69) is 11.0 Å². The first kappa shape index (κ1) is 13.4. The molecule has 0 unspecified atom stereocenters. The largest absolute Gasteiger partial charge is 0.496 e. The van der Waals surface area contributed by atoms with Crippen molar-refractivity contribution in [3.63, 3.8) is 0 Å². The van der Waals surface area contributed by atoms with E-state index in [9.17, 15) is 0 Å². The van der Waals surface area contributed by atoms with Gasteiger partial charge in [0.1, 0.15) is 11.5 Å². The lowest BCUT2D eigenvalue weighted by Crippen LogP contribution is -2.19. The van der Waals surface area contributed by atoms with Crippen LogP contribution < -0.4 is 20.1 Å². The Hall–Kier alpha value is -1.07. The van der Waals surface area contributed by atoms with E-state index in [1.165, 1.54) is 0 Å². The number of nitrogens with zero attached hydrogens (tertiary/aromatic N) is 1. The van der Waals surface area contributed by atoms with E-state index >= 15 is 0 Å². The molecule has 0 saturated carbocycles. The molecule has 0 radical (unpaired) electrons. The van der Waals surface area contributed by atoms with Crippen molar-refractivity contribution < 1.29 is 9.47 Å². The fourth-order valence-electron chi connectivity index (χ4n) is 2.15. The Bertz CT molecular complexity index is 406. The molecule has 2 N–H and O–H groups in total. The van der Waals surface area contributed by atoms with E-state index in [-0.39, 0.29) is 0 Å². The van der Waals surface area contributed by atoms with Crippen LogP contribution in [0.15, 0.2) is 12.1 Å². The summed E-state index contributed by atoms with van der Waals surface area (Å²) in [4.78, 5) is 2.32. The molecule has 1 heterocycles. The maximum Gasteiger partial charge on any atom is 0.142 e. The predicted molar refractivity (Wildman–Crippen MR) is 77.0 cm³/mol. The molecule has 100 valence electrons. The summed E-state index contributed by atoms with van der Waals surface area (Å²) in [7, 11) is 3.41. The van der Waals surface area contributed by atoms with E-state index in [4.69, 9.17) is 15.2 Å². The van der Waals surface area contributed by atoms with Crippen LogP contribution in [-0.4, -0.2) is 38.9 Å². The number of thioether (sulfide) groups is 1. The van der Waals surface area contributed by atoms with Gasteiger partial charge in [-0.25, -0.2) is 0 Å². The molecule has 2 rings (SSSR count). The van der Waals surface area contributed by atoms with Crippen LogP contribution in [0.4, 0.5) is 5.69 Å². The van der Waals surface area contributed by atoms with Gasteiger partial charge >= 0.3 is 0 Å². The van der Waals surface area contributed by atoms with E-state index in [1.54, 1.807) is 14.2 Å². The maximum absolute atomic E-state index is 5.63. The zero-order valence-electron chi connectivity index (χ0n) is 10.9. The Balaban J connectivity index is 2.38. The van der Waals surface area contributed by atoms with Crippen LogP contribution >= 0.6 is 11.8 Å². The SMILES string of the molecule is COc1cc(N2CCSC2)c(OC)cc1CCN. The highest BCUT2D eigenvalue weighted by Gasteiger charge is 2.19. The van der Waals surface area contributed by atoms with Gasteiger partial charge in [0.2, 0.25) is 0 Å². The Kier molecular flexibility index (Phi) is 4.60. The van der Waals surface area contributed by atoms with Crippen LogP contribution in [-0.2, 0) is 6.42 Å². The van der Waals surface area contributed by atoms with Gasteiger partial charge < -0.3 is 20.1 Å². The summed E-state index contributed by atoms with van der Waals surface area (Å²) in [5.41, 5.74) is 7.84. The van der Waals surface area contributed by atoms with Gasteiger partial charge in [0.15, 0.2) is 0 Å². The highest BCUT2D eigenvalue weighted by atomic mass is 32.2. The summed E-state index contributed by atoms with van der Waals surface area (Å²) in [6.45, 7) is 1.67. The second-order valence-corrected chi connectivity index (χ2v) is 5.25. The third-order valence-corrected chi connectivity index (χ3v) is 4.05. The Labute approximate surface area is 112 Å². The minimum atomic E-state index is 0.610. The van der Waals surface area contributed by atoms with Crippen LogP contribution in [0.1, 0.15) is 5.56 Å². The molecule has 1 aliphatic heterocycles. The summed E-state index contributed by atoms with van der Waals surface area (Å²) >= 11 is 1.93. The van der Waals surface area contributed by atoms with Crippen molar-refractivity contribution in [2.75, 3.05) is 43.8 Å². The normalized spacial score (nSPS) is 14.9. The van der Waals surface area contributed by atoms with Gasteiger partial charge in [-0.2, -0.15) is 0 Å². The minimum Gasteiger partial charge on any atom is -0.496 e. The van der Waals surface area contributed by atoms with E-state index in [1.807, 2.05) is 17.8 Å². The fraction of sp³-hybridized carbons (Fsp3) is 0.538. The molecule has 0 bridgehead atoms. The standard InChI is InChI=1S/C13H20N2O2S/c1-16-12-8-11(15-5-6-18-9-15)13(17-2)7-10(12)3-4-14/h7-8H,3-6,9,14H2,1-2H3. The molecule has 0 aromatic heterocycles. The van der Waals surface area contributed by atoms with Gasteiger partial charge in [0.25, 0.3) is 0 Å². The van der Waals surface area contributed by atoms with Gasteiger partial charge in [-0.1, -0.05) is 0 Å². The molecular weight excluding hydrogens is 248 g/mol. The van der Waals surface area contributed by atoms with Gasteiger partial charge in [-0.15, -0.1) is 11.8 Å². The number of rotatable bonds is 5. The lowest BCUT2D eigenvalue weighted by Gasteiger charge is -2.22. The summed E-state index contributed by atoms with van der Waals surface area (Å²) in [5, 5.41) is 0. The van der Waals surface area contributed by atoms with Crippen molar-refractivity contribution in [2.24, 2.45) is 5.73 Å². The van der Waals surface area contributed by atoms with Crippen molar-refractivity contribution in [3.8, 4) is 11.5 Å². The second-order valence-electron chi connectivity index (χ2n) is 4.18. The molecule has 1 aliphatic rings. The number of anilines is 1. The summed E-state index contributed by atoms with van der Waals surface area (Å²) < 4.78 is 10.9.